The minimum atomic E-state index is -0.694. The van der Waals surface area contributed by atoms with E-state index in [2.05, 4.69) is 11.4 Å². The second kappa shape index (κ2) is 6.73. The van der Waals surface area contributed by atoms with Crippen LogP contribution in [0.25, 0.3) is 0 Å². The Kier molecular flexibility index (Phi) is 5.00. The van der Waals surface area contributed by atoms with Crippen LogP contribution in [0.2, 0.25) is 5.02 Å². The number of carbonyl (C=O) groups excluding carboxylic acids is 1. The van der Waals surface area contributed by atoms with E-state index in [1.807, 2.05) is 6.08 Å². The van der Waals surface area contributed by atoms with Gasteiger partial charge in [-0.2, -0.15) is 0 Å². The van der Waals surface area contributed by atoms with Gasteiger partial charge in [0.2, 0.25) is 5.91 Å². The minimum absolute atomic E-state index is 0.0253. The van der Waals surface area contributed by atoms with Gasteiger partial charge in [0.1, 0.15) is 0 Å². The number of halogens is 1. The number of aliphatic hydroxyl groups is 1. The summed E-state index contributed by atoms with van der Waals surface area (Å²) in [6, 6.07) is 6.99. The summed E-state index contributed by atoms with van der Waals surface area (Å²) in [6.45, 7) is 0.237. The maximum absolute atomic E-state index is 11.9. The largest absolute Gasteiger partial charge is 0.387 e. The van der Waals surface area contributed by atoms with E-state index in [0.29, 0.717) is 5.02 Å². The SMILES string of the molecule is O=C(NCC(O)c1ccc(Cl)cc1)C1CC=CCC1. The van der Waals surface area contributed by atoms with Gasteiger partial charge >= 0.3 is 0 Å². The van der Waals surface area contributed by atoms with Crippen molar-refractivity contribution in [3.8, 4) is 0 Å². The highest BCUT2D eigenvalue weighted by atomic mass is 35.5. The molecule has 19 heavy (non-hydrogen) atoms. The van der Waals surface area contributed by atoms with Crippen molar-refractivity contribution in [2.24, 2.45) is 5.92 Å². The summed E-state index contributed by atoms with van der Waals surface area (Å²) in [6.07, 6.45) is 6.09. The first-order valence-corrected chi connectivity index (χ1v) is 6.91. The number of allylic oxidation sites excluding steroid dienone is 2. The summed E-state index contributed by atoms with van der Waals surface area (Å²) >= 11 is 5.79. The maximum atomic E-state index is 11.9. The predicted octanol–water partition coefficient (Wildman–Crippen LogP) is 2.85. The van der Waals surface area contributed by atoms with Crippen molar-refractivity contribution in [3.63, 3.8) is 0 Å². The predicted molar refractivity (Wildman–Crippen MR) is 75.9 cm³/mol. The van der Waals surface area contributed by atoms with Gasteiger partial charge in [-0.1, -0.05) is 35.9 Å². The number of aliphatic hydroxyl groups excluding tert-OH is 1. The molecule has 102 valence electrons. The van der Waals surface area contributed by atoms with Gasteiger partial charge in [-0.25, -0.2) is 0 Å². The molecule has 0 bridgehead atoms. The molecule has 1 aliphatic carbocycles. The van der Waals surface area contributed by atoms with Gasteiger partial charge in [-0.05, 0) is 37.0 Å². The van der Waals surface area contributed by atoms with Gasteiger partial charge in [0.25, 0.3) is 0 Å². The zero-order valence-corrected chi connectivity index (χ0v) is 11.4. The monoisotopic (exact) mass is 279 g/mol. The van der Waals surface area contributed by atoms with Crippen LogP contribution in [-0.2, 0) is 4.79 Å². The van der Waals surface area contributed by atoms with Crippen LogP contribution in [0.4, 0.5) is 0 Å². The molecule has 2 atom stereocenters. The fourth-order valence-electron chi connectivity index (χ4n) is 2.18. The number of hydrogen-bond donors (Lipinski definition) is 2. The van der Waals surface area contributed by atoms with Crippen molar-refractivity contribution in [1.29, 1.82) is 0 Å². The van der Waals surface area contributed by atoms with Crippen molar-refractivity contribution < 1.29 is 9.90 Å². The number of hydrogen-bond acceptors (Lipinski definition) is 2. The first-order chi connectivity index (χ1) is 9.16. The Balaban J connectivity index is 1.82. The number of benzene rings is 1. The Hall–Kier alpha value is -1.32. The third-order valence-corrected chi connectivity index (χ3v) is 3.62. The maximum Gasteiger partial charge on any atom is 0.223 e. The summed E-state index contributed by atoms with van der Waals surface area (Å²) in [5, 5.41) is 13.4. The van der Waals surface area contributed by atoms with E-state index in [9.17, 15) is 9.90 Å². The molecule has 3 nitrogen and oxygen atoms in total. The summed E-state index contributed by atoms with van der Waals surface area (Å²) in [4.78, 5) is 11.9. The summed E-state index contributed by atoms with van der Waals surface area (Å²) in [5.74, 6) is 0.0692. The van der Waals surface area contributed by atoms with Gasteiger partial charge in [-0.15, -0.1) is 0 Å². The van der Waals surface area contributed by atoms with Crippen LogP contribution in [0.3, 0.4) is 0 Å². The van der Waals surface area contributed by atoms with E-state index in [-0.39, 0.29) is 18.4 Å². The van der Waals surface area contributed by atoms with Crippen LogP contribution < -0.4 is 5.32 Å². The molecule has 0 saturated heterocycles. The molecule has 0 aliphatic heterocycles. The third kappa shape index (κ3) is 4.08. The zero-order valence-electron chi connectivity index (χ0n) is 10.7. The average molecular weight is 280 g/mol. The highest BCUT2D eigenvalue weighted by Gasteiger charge is 2.19. The number of nitrogens with one attached hydrogen (secondary N) is 1. The van der Waals surface area contributed by atoms with Gasteiger partial charge < -0.3 is 10.4 Å². The molecular formula is C15H18ClNO2. The standard InChI is InChI=1S/C15H18ClNO2/c16-13-8-6-11(7-9-13)14(18)10-17-15(19)12-4-2-1-3-5-12/h1-2,6-9,12,14,18H,3-5,10H2,(H,17,19). The number of amides is 1. The van der Waals surface area contributed by atoms with Crippen molar-refractivity contribution in [2.45, 2.75) is 25.4 Å². The van der Waals surface area contributed by atoms with E-state index in [0.717, 1.165) is 24.8 Å². The minimum Gasteiger partial charge on any atom is -0.387 e. The van der Waals surface area contributed by atoms with E-state index in [4.69, 9.17) is 11.6 Å². The van der Waals surface area contributed by atoms with Crippen LogP contribution in [0.5, 0.6) is 0 Å². The van der Waals surface area contributed by atoms with E-state index < -0.39 is 6.10 Å². The second-order valence-electron chi connectivity index (χ2n) is 4.79. The van der Waals surface area contributed by atoms with Crippen LogP contribution in [0, 0.1) is 5.92 Å². The first kappa shape index (κ1) is 14.1. The Bertz CT molecular complexity index is 456. The van der Waals surface area contributed by atoms with Crippen LogP contribution >= 0.6 is 11.6 Å². The van der Waals surface area contributed by atoms with Crippen LogP contribution in [0.15, 0.2) is 36.4 Å². The summed E-state index contributed by atoms with van der Waals surface area (Å²) in [5.41, 5.74) is 0.758. The zero-order chi connectivity index (χ0) is 13.7. The Labute approximate surface area is 118 Å². The van der Waals surface area contributed by atoms with Gasteiger partial charge in [-0.3, -0.25) is 4.79 Å². The fraction of sp³-hybridized carbons (Fsp3) is 0.400. The van der Waals surface area contributed by atoms with Crippen molar-refractivity contribution >= 4 is 17.5 Å². The van der Waals surface area contributed by atoms with Gasteiger partial charge in [0.05, 0.1) is 6.10 Å². The lowest BCUT2D eigenvalue weighted by molar-refractivity contribution is -0.125. The third-order valence-electron chi connectivity index (χ3n) is 3.36. The highest BCUT2D eigenvalue weighted by molar-refractivity contribution is 6.30. The highest BCUT2D eigenvalue weighted by Crippen LogP contribution is 2.19. The number of rotatable bonds is 4. The lowest BCUT2D eigenvalue weighted by Gasteiger charge is -2.19. The van der Waals surface area contributed by atoms with Crippen LogP contribution in [0.1, 0.15) is 30.9 Å². The molecule has 2 rings (SSSR count). The van der Waals surface area contributed by atoms with Crippen molar-refractivity contribution in [1.82, 2.24) is 5.32 Å². The van der Waals surface area contributed by atoms with Crippen LogP contribution in [-0.4, -0.2) is 17.6 Å². The molecule has 0 saturated carbocycles. The lowest BCUT2D eigenvalue weighted by Crippen LogP contribution is -2.34. The molecule has 0 radical (unpaired) electrons. The van der Waals surface area contributed by atoms with E-state index >= 15 is 0 Å². The average Bonchev–Trinajstić information content (AvgIpc) is 2.46. The Morgan fingerprint density at radius 3 is 2.74 bits per heavy atom. The van der Waals surface area contributed by atoms with Crippen molar-refractivity contribution in [3.05, 3.63) is 47.0 Å². The molecule has 1 aromatic carbocycles. The Morgan fingerprint density at radius 2 is 2.11 bits per heavy atom. The molecule has 4 heteroatoms. The second-order valence-corrected chi connectivity index (χ2v) is 5.23. The molecule has 1 amide bonds. The molecule has 0 fully saturated rings. The Morgan fingerprint density at radius 1 is 1.37 bits per heavy atom. The number of carbonyl (C=O) groups is 1. The summed E-state index contributed by atoms with van der Waals surface area (Å²) in [7, 11) is 0. The first-order valence-electron chi connectivity index (χ1n) is 6.53. The molecule has 1 aromatic rings. The molecule has 0 heterocycles. The molecule has 0 spiro atoms. The van der Waals surface area contributed by atoms with E-state index in [1.165, 1.54) is 0 Å². The molecule has 1 aliphatic rings. The summed E-state index contributed by atoms with van der Waals surface area (Å²) < 4.78 is 0. The fourth-order valence-corrected chi connectivity index (χ4v) is 2.30. The topological polar surface area (TPSA) is 49.3 Å². The van der Waals surface area contributed by atoms with Gasteiger partial charge in [0.15, 0.2) is 0 Å². The molecule has 0 aromatic heterocycles. The lowest BCUT2D eigenvalue weighted by atomic mass is 9.93. The van der Waals surface area contributed by atoms with E-state index in [1.54, 1.807) is 24.3 Å². The molecular weight excluding hydrogens is 262 g/mol. The van der Waals surface area contributed by atoms with Crippen molar-refractivity contribution in [2.75, 3.05) is 6.54 Å². The molecule has 2 N–H and O–H groups in total. The quantitative estimate of drug-likeness (QED) is 0.833. The van der Waals surface area contributed by atoms with Gasteiger partial charge in [0, 0.05) is 17.5 Å². The normalized spacial score (nSPS) is 20.0. The smallest absolute Gasteiger partial charge is 0.223 e. The molecule has 2 unspecified atom stereocenters.